The van der Waals surface area contributed by atoms with E-state index in [4.69, 9.17) is 0 Å². The number of hydrogen-bond donors (Lipinski definition) is 0. The van der Waals surface area contributed by atoms with E-state index in [0.717, 1.165) is 32.9 Å². The number of halogens is 2. The first-order valence-corrected chi connectivity index (χ1v) is 8.01. The van der Waals surface area contributed by atoms with Crippen LogP contribution in [0.15, 0.2) is 34.9 Å². The summed E-state index contributed by atoms with van der Waals surface area (Å²) in [5, 5.41) is 1.88. The molecule has 1 saturated heterocycles. The third-order valence-electron chi connectivity index (χ3n) is 3.39. The lowest BCUT2D eigenvalue weighted by atomic mass is 10.1. The van der Waals surface area contributed by atoms with Gasteiger partial charge >= 0.3 is 0 Å². The molecule has 0 aliphatic carbocycles. The van der Waals surface area contributed by atoms with Gasteiger partial charge < -0.3 is 4.90 Å². The molecule has 2 aromatic rings. The first-order chi connectivity index (χ1) is 9.19. The first kappa shape index (κ1) is 13.1. The number of nitrogens with zero attached hydrogens (tertiary/aromatic N) is 2. The molecule has 0 bridgehead atoms. The molecular formula is C14H12Br2N2O. The van der Waals surface area contributed by atoms with Gasteiger partial charge in [0.15, 0.2) is 0 Å². The van der Waals surface area contributed by atoms with Crippen molar-refractivity contribution in [2.45, 2.75) is 6.42 Å². The first-order valence-electron chi connectivity index (χ1n) is 6.09. The van der Waals surface area contributed by atoms with Crippen LogP contribution in [0, 0.1) is 5.92 Å². The summed E-state index contributed by atoms with van der Waals surface area (Å²) in [4.78, 5) is 18.4. The van der Waals surface area contributed by atoms with E-state index >= 15 is 0 Å². The van der Waals surface area contributed by atoms with Crippen molar-refractivity contribution in [1.29, 1.82) is 0 Å². The Bertz CT molecular complexity index is 644. The summed E-state index contributed by atoms with van der Waals surface area (Å²) in [5.74, 6) is 0.583. The fourth-order valence-electron chi connectivity index (χ4n) is 2.46. The molecule has 1 atom stereocenters. The zero-order chi connectivity index (χ0) is 13.4. The number of rotatable bonds is 2. The highest BCUT2D eigenvalue weighted by Crippen LogP contribution is 2.32. The van der Waals surface area contributed by atoms with Crippen LogP contribution in [0.4, 0.5) is 5.69 Å². The molecule has 2 heterocycles. The summed E-state index contributed by atoms with van der Waals surface area (Å²) in [6.07, 6.45) is 2.38. The van der Waals surface area contributed by atoms with Crippen molar-refractivity contribution in [3.05, 3.63) is 34.9 Å². The van der Waals surface area contributed by atoms with Crippen molar-refractivity contribution < 1.29 is 4.79 Å². The van der Waals surface area contributed by atoms with Crippen molar-refractivity contribution in [3.63, 3.8) is 0 Å². The Morgan fingerprint density at radius 3 is 2.95 bits per heavy atom. The van der Waals surface area contributed by atoms with Crippen molar-refractivity contribution in [2.24, 2.45) is 5.92 Å². The van der Waals surface area contributed by atoms with Crippen molar-refractivity contribution in [3.8, 4) is 0 Å². The van der Waals surface area contributed by atoms with Crippen molar-refractivity contribution in [2.75, 3.05) is 16.8 Å². The molecule has 1 aromatic carbocycles. The van der Waals surface area contributed by atoms with Crippen LogP contribution in [0.5, 0.6) is 0 Å². The number of hydrogen-bond acceptors (Lipinski definition) is 2. The number of amides is 1. The number of pyridine rings is 1. The number of carbonyl (C=O) groups excluding carboxylic acids is 1. The number of alkyl halides is 1. The van der Waals surface area contributed by atoms with Crippen LogP contribution < -0.4 is 4.90 Å². The molecular weight excluding hydrogens is 372 g/mol. The van der Waals surface area contributed by atoms with E-state index in [1.165, 1.54) is 0 Å². The predicted octanol–water partition coefficient (Wildman–Crippen LogP) is 3.75. The third-order valence-corrected chi connectivity index (χ3v) is 4.80. The molecule has 98 valence electrons. The minimum atomic E-state index is 0.192. The van der Waals surface area contributed by atoms with Crippen LogP contribution in [0.3, 0.4) is 0 Å². The molecule has 3 nitrogen and oxygen atoms in total. The zero-order valence-corrected chi connectivity index (χ0v) is 13.3. The molecule has 0 spiro atoms. The Morgan fingerprint density at radius 1 is 1.37 bits per heavy atom. The minimum absolute atomic E-state index is 0.192. The van der Waals surface area contributed by atoms with Crippen LogP contribution in [0.1, 0.15) is 6.42 Å². The number of aromatic nitrogens is 1. The summed E-state index contributed by atoms with van der Waals surface area (Å²) in [6.45, 7) is 0.774. The Hall–Kier alpha value is -0.940. The van der Waals surface area contributed by atoms with Crippen molar-refractivity contribution in [1.82, 2.24) is 4.98 Å². The lowest BCUT2D eigenvalue weighted by molar-refractivity contribution is -0.117. The highest BCUT2D eigenvalue weighted by atomic mass is 79.9. The van der Waals surface area contributed by atoms with Gasteiger partial charge in [0.2, 0.25) is 5.91 Å². The quantitative estimate of drug-likeness (QED) is 0.740. The van der Waals surface area contributed by atoms with E-state index < -0.39 is 0 Å². The average Bonchev–Trinajstić information content (AvgIpc) is 2.79. The summed E-state index contributed by atoms with van der Waals surface area (Å²) in [7, 11) is 0. The normalized spacial score (nSPS) is 19.4. The van der Waals surface area contributed by atoms with Crippen molar-refractivity contribution >= 4 is 54.4 Å². The largest absolute Gasteiger partial charge is 0.311 e. The Morgan fingerprint density at radius 2 is 2.21 bits per heavy atom. The summed E-state index contributed by atoms with van der Waals surface area (Å²) >= 11 is 6.94. The van der Waals surface area contributed by atoms with Gasteiger partial charge in [0.05, 0.1) is 11.2 Å². The maximum atomic E-state index is 12.1. The molecule has 1 unspecified atom stereocenters. The van der Waals surface area contributed by atoms with Gasteiger partial charge in [0, 0.05) is 34.4 Å². The molecule has 0 N–H and O–H groups in total. The van der Waals surface area contributed by atoms with Crippen LogP contribution in [0.2, 0.25) is 0 Å². The van der Waals surface area contributed by atoms with Gasteiger partial charge in [-0.15, -0.1) is 0 Å². The van der Waals surface area contributed by atoms with E-state index in [2.05, 4.69) is 36.8 Å². The number of benzene rings is 1. The second-order valence-electron chi connectivity index (χ2n) is 4.72. The van der Waals surface area contributed by atoms with Gasteiger partial charge in [-0.1, -0.05) is 31.9 Å². The van der Waals surface area contributed by atoms with Gasteiger partial charge in [-0.05, 0) is 30.2 Å². The topological polar surface area (TPSA) is 33.2 Å². The number of carbonyl (C=O) groups is 1. The Labute approximate surface area is 128 Å². The van der Waals surface area contributed by atoms with Gasteiger partial charge in [-0.2, -0.15) is 0 Å². The fraction of sp³-hybridized carbons (Fsp3) is 0.286. The molecule has 19 heavy (non-hydrogen) atoms. The molecule has 3 rings (SSSR count). The Kier molecular flexibility index (Phi) is 3.58. The number of anilines is 1. The molecule has 1 aromatic heterocycles. The maximum Gasteiger partial charge on any atom is 0.227 e. The predicted molar refractivity (Wildman–Crippen MR) is 83.7 cm³/mol. The fourth-order valence-corrected chi connectivity index (χ4v) is 3.25. The third kappa shape index (κ3) is 2.41. The minimum Gasteiger partial charge on any atom is -0.311 e. The maximum absolute atomic E-state index is 12.1. The highest BCUT2D eigenvalue weighted by molar-refractivity contribution is 9.10. The van der Waals surface area contributed by atoms with E-state index in [0.29, 0.717) is 12.3 Å². The summed E-state index contributed by atoms with van der Waals surface area (Å²) in [6, 6.07) is 7.87. The smallest absolute Gasteiger partial charge is 0.227 e. The standard InChI is InChI=1S/C14H12Br2N2O/c15-7-9-5-14(19)18(8-9)13-3-4-17-12-2-1-10(16)6-11(12)13/h1-4,6,9H,5,7-8H2. The Balaban J connectivity index is 2.10. The second kappa shape index (κ2) is 5.21. The SMILES string of the molecule is O=C1CC(CBr)CN1c1ccnc2ccc(Br)cc12. The van der Waals surface area contributed by atoms with Crippen LogP contribution >= 0.6 is 31.9 Å². The zero-order valence-electron chi connectivity index (χ0n) is 10.1. The second-order valence-corrected chi connectivity index (χ2v) is 6.28. The van der Waals surface area contributed by atoms with Gasteiger partial charge in [0.1, 0.15) is 0 Å². The number of fused-ring (bicyclic) bond motifs is 1. The monoisotopic (exact) mass is 382 g/mol. The molecule has 1 aliphatic rings. The van der Waals surface area contributed by atoms with Crippen LogP contribution in [0.25, 0.3) is 10.9 Å². The average molecular weight is 384 g/mol. The molecule has 1 fully saturated rings. The molecule has 5 heteroatoms. The molecule has 1 aliphatic heterocycles. The van der Waals surface area contributed by atoms with E-state index in [1.807, 2.05) is 29.2 Å². The van der Waals surface area contributed by atoms with E-state index in [-0.39, 0.29) is 5.91 Å². The van der Waals surface area contributed by atoms with Crippen LogP contribution in [-0.2, 0) is 4.79 Å². The van der Waals surface area contributed by atoms with E-state index in [1.54, 1.807) is 6.20 Å². The molecule has 0 saturated carbocycles. The summed E-state index contributed by atoms with van der Waals surface area (Å²) < 4.78 is 0.998. The molecule has 1 amide bonds. The van der Waals surface area contributed by atoms with Gasteiger partial charge in [-0.25, -0.2) is 0 Å². The van der Waals surface area contributed by atoms with Gasteiger partial charge in [-0.3, -0.25) is 9.78 Å². The molecule has 0 radical (unpaired) electrons. The lowest BCUT2D eigenvalue weighted by Crippen LogP contribution is -2.24. The van der Waals surface area contributed by atoms with Gasteiger partial charge in [0.25, 0.3) is 0 Å². The summed E-state index contributed by atoms with van der Waals surface area (Å²) in [5.41, 5.74) is 1.87. The lowest BCUT2D eigenvalue weighted by Gasteiger charge is -2.18. The van der Waals surface area contributed by atoms with E-state index in [9.17, 15) is 4.79 Å². The highest BCUT2D eigenvalue weighted by Gasteiger charge is 2.30. The van der Waals surface area contributed by atoms with Crippen LogP contribution in [-0.4, -0.2) is 22.8 Å².